The molecule has 1 aromatic heterocycles. The monoisotopic (exact) mass is 442 g/mol. The summed E-state index contributed by atoms with van der Waals surface area (Å²) in [5, 5.41) is 16.1. The zero-order valence-electron chi connectivity index (χ0n) is 16.0. The van der Waals surface area contributed by atoms with E-state index in [4.69, 9.17) is 4.74 Å². The van der Waals surface area contributed by atoms with Crippen LogP contribution < -0.4 is 14.8 Å². The topological polar surface area (TPSA) is 99.4 Å². The van der Waals surface area contributed by atoms with E-state index in [0.717, 1.165) is 29.2 Å². The fourth-order valence-electron chi connectivity index (χ4n) is 2.96. The number of aromatic nitrogens is 2. The van der Waals surface area contributed by atoms with Crippen LogP contribution in [0.15, 0.2) is 73.1 Å². The number of fused-ring (bicyclic) bond motifs is 1. The Kier molecular flexibility index (Phi) is 5.46. The number of benzene rings is 3. The van der Waals surface area contributed by atoms with Crippen molar-refractivity contribution >= 4 is 28.0 Å². The highest BCUT2D eigenvalue weighted by molar-refractivity contribution is 5.88. The first-order valence-corrected chi connectivity index (χ1v) is 9.08. The smallest absolute Gasteiger partial charge is 0.433 e. The van der Waals surface area contributed by atoms with Gasteiger partial charge in [-0.25, -0.2) is 4.98 Å². The highest BCUT2D eigenvalue weighted by Crippen LogP contribution is 2.37. The van der Waals surface area contributed by atoms with E-state index >= 15 is 0 Å². The first-order valence-electron chi connectivity index (χ1n) is 9.08. The summed E-state index contributed by atoms with van der Waals surface area (Å²) in [5.41, 5.74) is -0.284. The normalized spacial score (nSPS) is 11.2. The standard InChI is InChI=1S/C21H13F3N4O4/c22-21(23,24)32-15-10-8-14(9-11-15)27-19-18(28(29)30)20(26-12-25-19)31-17-7-3-5-13-4-1-2-6-16(13)17/h1-12H,(H,25,26,27). The second-order valence-electron chi connectivity index (χ2n) is 6.41. The largest absolute Gasteiger partial charge is 0.573 e. The Morgan fingerprint density at radius 3 is 2.38 bits per heavy atom. The molecule has 0 amide bonds. The first-order chi connectivity index (χ1) is 15.3. The summed E-state index contributed by atoms with van der Waals surface area (Å²) in [6.07, 6.45) is -3.74. The quantitative estimate of drug-likeness (QED) is 0.290. The number of nitrogens with zero attached hydrogens (tertiary/aromatic N) is 3. The minimum atomic E-state index is -4.83. The predicted octanol–water partition coefficient (Wildman–Crippen LogP) is 5.97. The Morgan fingerprint density at radius 1 is 0.938 bits per heavy atom. The molecule has 0 spiro atoms. The lowest BCUT2D eigenvalue weighted by Gasteiger charge is -2.12. The number of ether oxygens (including phenoxy) is 2. The van der Waals surface area contributed by atoms with Gasteiger partial charge in [-0.15, -0.1) is 13.2 Å². The second-order valence-corrected chi connectivity index (χ2v) is 6.41. The molecule has 0 fully saturated rings. The van der Waals surface area contributed by atoms with Crippen LogP contribution in [0.4, 0.5) is 30.4 Å². The van der Waals surface area contributed by atoms with Gasteiger partial charge in [0, 0.05) is 11.1 Å². The maximum absolute atomic E-state index is 12.3. The summed E-state index contributed by atoms with van der Waals surface area (Å²) in [4.78, 5) is 18.8. The molecule has 0 saturated heterocycles. The van der Waals surface area contributed by atoms with Gasteiger partial charge in [0.15, 0.2) is 0 Å². The van der Waals surface area contributed by atoms with Crippen molar-refractivity contribution < 1.29 is 27.6 Å². The van der Waals surface area contributed by atoms with E-state index in [1.54, 1.807) is 18.2 Å². The molecule has 0 saturated carbocycles. The van der Waals surface area contributed by atoms with Crippen LogP contribution in [0, 0.1) is 10.1 Å². The number of hydrogen-bond donors (Lipinski definition) is 1. The zero-order valence-corrected chi connectivity index (χ0v) is 16.0. The van der Waals surface area contributed by atoms with Crippen molar-refractivity contribution in [3.8, 4) is 17.4 Å². The molecule has 0 bridgehead atoms. The highest BCUT2D eigenvalue weighted by Gasteiger charge is 2.31. The second kappa shape index (κ2) is 8.38. The molecule has 1 N–H and O–H groups in total. The third-order valence-corrected chi connectivity index (χ3v) is 4.28. The van der Waals surface area contributed by atoms with Gasteiger partial charge in [0.05, 0.1) is 4.92 Å². The summed E-state index contributed by atoms with van der Waals surface area (Å²) >= 11 is 0. The summed E-state index contributed by atoms with van der Waals surface area (Å²) in [7, 11) is 0. The first kappa shape index (κ1) is 20.8. The third-order valence-electron chi connectivity index (χ3n) is 4.28. The molecule has 3 aromatic carbocycles. The fourth-order valence-corrected chi connectivity index (χ4v) is 2.96. The molecule has 162 valence electrons. The van der Waals surface area contributed by atoms with Crippen molar-refractivity contribution in [3.05, 3.63) is 83.2 Å². The summed E-state index contributed by atoms with van der Waals surface area (Å²) < 4.78 is 46.5. The van der Waals surface area contributed by atoms with Gasteiger partial charge in [0.2, 0.25) is 5.82 Å². The van der Waals surface area contributed by atoms with E-state index in [-0.39, 0.29) is 17.4 Å². The van der Waals surface area contributed by atoms with Crippen molar-refractivity contribution in [2.45, 2.75) is 6.36 Å². The van der Waals surface area contributed by atoms with Crippen LogP contribution in [0.25, 0.3) is 10.8 Å². The molecule has 0 unspecified atom stereocenters. The van der Waals surface area contributed by atoms with Gasteiger partial charge in [-0.3, -0.25) is 10.1 Å². The number of rotatable bonds is 6. The Morgan fingerprint density at radius 2 is 1.66 bits per heavy atom. The maximum Gasteiger partial charge on any atom is 0.573 e. The lowest BCUT2D eigenvalue weighted by Crippen LogP contribution is -2.17. The Balaban J connectivity index is 1.65. The minimum absolute atomic E-state index is 0.190. The third kappa shape index (κ3) is 4.67. The van der Waals surface area contributed by atoms with E-state index in [1.165, 1.54) is 12.1 Å². The predicted molar refractivity (Wildman–Crippen MR) is 109 cm³/mol. The summed E-state index contributed by atoms with van der Waals surface area (Å²) in [6.45, 7) is 0. The molecule has 0 radical (unpaired) electrons. The Bertz CT molecular complexity index is 1280. The van der Waals surface area contributed by atoms with Crippen LogP contribution in [-0.4, -0.2) is 21.3 Å². The van der Waals surface area contributed by atoms with Crippen LogP contribution in [0.2, 0.25) is 0 Å². The summed E-state index contributed by atoms with van der Waals surface area (Å²) in [6, 6.07) is 17.3. The Hall–Kier alpha value is -4.41. The van der Waals surface area contributed by atoms with Crippen LogP contribution in [-0.2, 0) is 0 Å². The van der Waals surface area contributed by atoms with Gasteiger partial charge in [0.25, 0.3) is 0 Å². The number of alkyl halides is 3. The zero-order chi connectivity index (χ0) is 22.7. The molecule has 0 aliphatic rings. The molecule has 0 aliphatic heterocycles. The molecule has 4 rings (SSSR count). The van der Waals surface area contributed by atoms with Crippen molar-refractivity contribution in [1.82, 2.24) is 9.97 Å². The van der Waals surface area contributed by atoms with E-state index in [2.05, 4.69) is 20.0 Å². The van der Waals surface area contributed by atoms with E-state index in [9.17, 15) is 23.3 Å². The van der Waals surface area contributed by atoms with Gasteiger partial charge in [-0.1, -0.05) is 36.4 Å². The molecule has 8 nitrogen and oxygen atoms in total. The average Bonchev–Trinajstić information content (AvgIpc) is 2.74. The molecule has 32 heavy (non-hydrogen) atoms. The molecule has 4 aromatic rings. The lowest BCUT2D eigenvalue weighted by molar-refractivity contribution is -0.385. The number of nitro groups is 1. The minimum Gasteiger partial charge on any atom is -0.433 e. The van der Waals surface area contributed by atoms with Gasteiger partial charge in [0.1, 0.15) is 17.8 Å². The summed E-state index contributed by atoms with van der Waals surface area (Å²) in [5.74, 6) is -0.546. The highest BCUT2D eigenvalue weighted by atomic mass is 19.4. The van der Waals surface area contributed by atoms with Crippen molar-refractivity contribution in [3.63, 3.8) is 0 Å². The van der Waals surface area contributed by atoms with Crippen LogP contribution >= 0.6 is 0 Å². The number of halogens is 3. The fraction of sp³-hybridized carbons (Fsp3) is 0.0476. The average molecular weight is 442 g/mol. The number of nitrogens with one attached hydrogen (secondary N) is 1. The van der Waals surface area contributed by atoms with E-state index < -0.39 is 22.7 Å². The van der Waals surface area contributed by atoms with Crippen LogP contribution in [0.1, 0.15) is 0 Å². The maximum atomic E-state index is 12.3. The molecule has 11 heteroatoms. The van der Waals surface area contributed by atoms with Gasteiger partial charge >= 0.3 is 17.9 Å². The lowest BCUT2D eigenvalue weighted by atomic mass is 10.1. The molecule has 1 heterocycles. The van der Waals surface area contributed by atoms with E-state index in [0.29, 0.717) is 5.75 Å². The number of anilines is 2. The van der Waals surface area contributed by atoms with E-state index in [1.807, 2.05) is 24.3 Å². The molecule has 0 atom stereocenters. The molecular formula is C21H13F3N4O4. The van der Waals surface area contributed by atoms with Crippen molar-refractivity contribution in [1.29, 1.82) is 0 Å². The van der Waals surface area contributed by atoms with Gasteiger partial charge in [-0.05, 0) is 35.7 Å². The van der Waals surface area contributed by atoms with Gasteiger partial charge < -0.3 is 14.8 Å². The van der Waals surface area contributed by atoms with Crippen LogP contribution in [0.5, 0.6) is 17.4 Å². The van der Waals surface area contributed by atoms with Gasteiger partial charge in [-0.2, -0.15) is 4.98 Å². The van der Waals surface area contributed by atoms with Crippen molar-refractivity contribution in [2.75, 3.05) is 5.32 Å². The van der Waals surface area contributed by atoms with Crippen LogP contribution in [0.3, 0.4) is 0 Å². The Labute approximate surface area is 178 Å². The van der Waals surface area contributed by atoms with Crippen molar-refractivity contribution in [2.24, 2.45) is 0 Å². The molecule has 0 aliphatic carbocycles. The molecular weight excluding hydrogens is 429 g/mol. The number of hydrogen-bond acceptors (Lipinski definition) is 7. The SMILES string of the molecule is O=[N+]([O-])c1c(Nc2ccc(OC(F)(F)F)cc2)ncnc1Oc1cccc2ccccc12.